The second-order valence-electron chi connectivity index (χ2n) is 4.16. The van der Waals surface area contributed by atoms with Gasteiger partial charge in [0.25, 0.3) is 0 Å². The van der Waals surface area contributed by atoms with Crippen LogP contribution >= 0.6 is 0 Å². The van der Waals surface area contributed by atoms with E-state index in [0.717, 1.165) is 26.3 Å². The van der Waals surface area contributed by atoms with Gasteiger partial charge in [-0.05, 0) is 13.8 Å². The van der Waals surface area contributed by atoms with Crippen molar-refractivity contribution in [2.75, 3.05) is 39.4 Å². The first-order valence-corrected chi connectivity index (χ1v) is 7.31. The molecule has 1 saturated heterocycles. The number of morpholine rings is 1. The molecule has 0 saturated carbocycles. The lowest BCUT2D eigenvalue weighted by molar-refractivity contribution is 0.0443. The number of rotatable bonds is 4. The van der Waals surface area contributed by atoms with Crippen LogP contribution in [0.4, 0.5) is 0 Å². The molecule has 0 aromatic heterocycles. The molecule has 0 aliphatic carbocycles. The summed E-state index contributed by atoms with van der Waals surface area (Å²) in [5.41, 5.74) is 0. The standard InChI is InChI=1S/C11H20N2O3S/c1-11(2)17(14,15)12-5-3-4-6-13-7-9-16-10-8-13/h11-12H,5-10H2,1-2H3. The summed E-state index contributed by atoms with van der Waals surface area (Å²) in [5.74, 6) is 5.78. The van der Waals surface area contributed by atoms with Gasteiger partial charge in [-0.3, -0.25) is 4.90 Å². The molecule has 0 amide bonds. The number of nitrogens with zero attached hydrogens (tertiary/aromatic N) is 1. The van der Waals surface area contributed by atoms with Crippen molar-refractivity contribution in [3.05, 3.63) is 0 Å². The lowest BCUT2D eigenvalue weighted by atomic mass is 10.4. The Morgan fingerprint density at radius 1 is 1.29 bits per heavy atom. The Balaban J connectivity index is 2.22. The van der Waals surface area contributed by atoms with Gasteiger partial charge in [-0.15, -0.1) is 0 Å². The van der Waals surface area contributed by atoms with E-state index in [4.69, 9.17) is 4.74 Å². The van der Waals surface area contributed by atoms with E-state index in [9.17, 15) is 8.42 Å². The van der Waals surface area contributed by atoms with Crippen LogP contribution in [0.2, 0.25) is 0 Å². The number of ether oxygens (including phenoxy) is 1. The maximum atomic E-state index is 11.4. The lowest BCUT2D eigenvalue weighted by Crippen LogP contribution is -2.36. The van der Waals surface area contributed by atoms with E-state index in [1.165, 1.54) is 0 Å². The third kappa shape index (κ3) is 5.50. The summed E-state index contributed by atoms with van der Waals surface area (Å²) in [5, 5.41) is -0.413. The first-order valence-electron chi connectivity index (χ1n) is 5.76. The fourth-order valence-corrected chi connectivity index (χ4v) is 1.90. The molecule has 0 spiro atoms. The first-order chi connectivity index (χ1) is 8.02. The number of nitrogens with one attached hydrogen (secondary N) is 1. The van der Waals surface area contributed by atoms with Crippen LogP contribution in [-0.2, 0) is 14.8 Å². The van der Waals surface area contributed by atoms with Gasteiger partial charge in [0.15, 0.2) is 0 Å². The maximum Gasteiger partial charge on any atom is 0.214 e. The van der Waals surface area contributed by atoms with Crippen molar-refractivity contribution in [1.82, 2.24) is 9.62 Å². The largest absolute Gasteiger partial charge is 0.379 e. The summed E-state index contributed by atoms with van der Waals surface area (Å²) >= 11 is 0. The van der Waals surface area contributed by atoms with E-state index in [0.29, 0.717) is 6.54 Å². The Morgan fingerprint density at radius 3 is 2.53 bits per heavy atom. The highest BCUT2D eigenvalue weighted by Crippen LogP contribution is 1.95. The molecule has 1 fully saturated rings. The molecule has 0 bridgehead atoms. The van der Waals surface area contributed by atoms with E-state index in [1.807, 2.05) is 0 Å². The Hall–Kier alpha value is -0.610. The van der Waals surface area contributed by atoms with E-state index >= 15 is 0 Å². The molecule has 1 heterocycles. The van der Waals surface area contributed by atoms with Crippen molar-refractivity contribution < 1.29 is 13.2 Å². The topological polar surface area (TPSA) is 58.6 Å². The van der Waals surface area contributed by atoms with Gasteiger partial charge in [-0.2, -0.15) is 0 Å². The van der Waals surface area contributed by atoms with Gasteiger partial charge < -0.3 is 4.74 Å². The summed E-state index contributed by atoms with van der Waals surface area (Å²) in [6, 6.07) is 0. The van der Waals surface area contributed by atoms with E-state index in [-0.39, 0.29) is 6.54 Å². The molecule has 6 heteroatoms. The maximum absolute atomic E-state index is 11.4. The van der Waals surface area contributed by atoms with Gasteiger partial charge in [0.1, 0.15) is 0 Å². The van der Waals surface area contributed by atoms with Gasteiger partial charge in [-0.25, -0.2) is 13.1 Å². The second kappa shape index (κ2) is 6.97. The Morgan fingerprint density at radius 2 is 1.94 bits per heavy atom. The fraction of sp³-hybridized carbons (Fsp3) is 0.818. The third-order valence-corrected chi connectivity index (χ3v) is 4.30. The average Bonchev–Trinajstić information content (AvgIpc) is 2.29. The van der Waals surface area contributed by atoms with Crippen molar-refractivity contribution in [1.29, 1.82) is 0 Å². The number of hydrogen-bond acceptors (Lipinski definition) is 4. The van der Waals surface area contributed by atoms with Gasteiger partial charge in [0.2, 0.25) is 10.0 Å². The molecule has 1 N–H and O–H groups in total. The molecule has 1 rings (SSSR count). The number of hydrogen-bond donors (Lipinski definition) is 1. The average molecular weight is 260 g/mol. The predicted octanol–water partition coefficient (Wildman–Crippen LogP) is -0.350. The van der Waals surface area contributed by atoms with Crippen LogP contribution in [0.1, 0.15) is 13.8 Å². The van der Waals surface area contributed by atoms with E-state index in [2.05, 4.69) is 21.5 Å². The lowest BCUT2D eigenvalue weighted by Gasteiger charge is -2.24. The zero-order valence-electron chi connectivity index (χ0n) is 10.4. The van der Waals surface area contributed by atoms with Crippen molar-refractivity contribution >= 4 is 10.0 Å². The zero-order chi connectivity index (χ0) is 12.7. The molecule has 0 aromatic rings. The van der Waals surface area contributed by atoms with E-state index < -0.39 is 15.3 Å². The molecule has 1 aliphatic rings. The third-order valence-electron chi connectivity index (χ3n) is 2.51. The van der Waals surface area contributed by atoms with Crippen LogP contribution in [0.3, 0.4) is 0 Å². The summed E-state index contributed by atoms with van der Waals surface area (Å²) in [4.78, 5) is 2.19. The van der Waals surface area contributed by atoms with Gasteiger partial charge in [0.05, 0.1) is 31.6 Å². The Bertz CT molecular complexity index is 375. The van der Waals surface area contributed by atoms with Crippen LogP contribution < -0.4 is 4.72 Å². The van der Waals surface area contributed by atoms with Crippen LogP contribution in [0.5, 0.6) is 0 Å². The summed E-state index contributed by atoms with van der Waals surface area (Å²) in [7, 11) is -3.19. The molecule has 0 radical (unpaired) electrons. The molecule has 1 aliphatic heterocycles. The molecule has 17 heavy (non-hydrogen) atoms. The molecule has 0 unspecified atom stereocenters. The van der Waals surface area contributed by atoms with Crippen molar-refractivity contribution in [3.8, 4) is 11.8 Å². The van der Waals surface area contributed by atoms with Crippen LogP contribution in [-0.4, -0.2) is 58.0 Å². The molecule has 0 aromatic carbocycles. The minimum Gasteiger partial charge on any atom is -0.379 e. The van der Waals surface area contributed by atoms with Crippen LogP contribution in [0.15, 0.2) is 0 Å². The number of sulfonamides is 1. The highest BCUT2D eigenvalue weighted by Gasteiger charge is 2.13. The highest BCUT2D eigenvalue weighted by molar-refractivity contribution is 7.90. The minimum atomic E-state index is -3.19. The minimum absolute atomic E-state index is 0.185. The summed E-state index contributed by atoms with van der Waals surface area (Å²) in [6.07, 6.45) is 0. The van der Waals surface area contributed by atoms with Crippen LogP contribution in [0.25, 0.3) is 0 Å². The van der Waals surface area contributed by atoms with Gasteiger partial charge in [-0.1, -0.05) is 11.8 Å². The quantitative estimate of drug-likeness (QED) is 0.702. The summed E-state index contributed by atoms with van der Waals surface area (Å²) < 4.78 is 30.4. The second-order valence-corrected chi connectivity index (χ2v) is 6.48. The summed E-state index contributed by atoms with van der Waals surface area (Å²) in [6.45, 7) is 7.44. The monoisotopic (exact) mass is 260 g/mol. The zero-order valence-corrected chi connectivity index (χ0v) is 11.2. The van der Waals surface area contributed by atoms with Crippen molar-refractivity contribution in [3.63, 3.8) is 0 Å². The molecule has 5 nitrogen and oxygen atoms in total. The Kier molecular flexibility index (Phi) is 5.92. The SMILES string of the molecule is CC(C)S(=O)(=O)NCC#CCN1CCOCC1. The van der Waals surface area contributed by atoms with Crippen molar-refractivity contribution in [2.24, 2.45) is 0 Å². The van der Waals surface area contributed by atoms with Crippen molar-refractivity contribution in [2.45, 2.75) is 19.1 Å². The highest BCUT2D eigenvalue weighted by atomic mass is 32.2. The molecular formula is C11H20N2O3S. The first kappa shape index (κ1) is 14.5. The Labute approximate surface area is 104 Å². The molecular weight excluding hydrogens is 240 g/mol. The molecule has 98 valence electrons. The van der Waals surface area contributed by atoms with Crippen LogP contribution in [0, 0.1) is 11.8 Å². The van der Waals surface area contributed by atoms with E-state index in [1.54, 1.807) is 13.8 Å². The smallest absolute Gasteiger partial charge is 0.214 e. The van der Waals surface area contributed by atoms with Gasteiger partial charge >= 0.3 is 0 Å². The fourth-order valence-electron chi connectivity index (χ4n) is 1.29. The van der Waals surface area contributed by atoms with Gasteiger partial charge in [0, 0.05) is 13.1 Å². The predicted molar refractivity (Wildman–Crippen MR) is 67.1 cm³/mol. The molecule has 0 atom stereocenters. The normalized spacial score (nSPS) is 17.8.